The molecule has 0 spiro atoms. The number of hydrogen-bond donors (Lipinski definition) is 2. The number of halogens is 1. The SMILES string of the molecule is C=C1Nc2nc(-c3nn(Cc4ccccc4F)c4ncccc34)nc(C(=O)NC(C)C(=O)CC)c2C1(C)C. The van der Waals surface area contributed by atoms with Crippen molar-refractivity contribution in [2.75, 3.05) is 5.32 Å². The van der Waals surface area contributed by atoms with Crippen molar-refractivity contribution >= 4 is 28.5 Å². The molecule has 10 heteroatoms. The maximum Gasteiger partial charge on any atom is 0.271 e. The average Bonchev–Trinajstić information content (AvgIpc) is 3.37. The molecule has 0 fully saturated rings. The van der Waals surface area contributed by atoms with Crippen molar-refractivity contribution < 1.29 is 14.0 Å². The molecule has 1 aliphatic rings. The number of carbonyl (C=O) groups excluding carboxylic acids is 2. The summed E-state index contributed by atoms with van der Waals surface area (Å²) in [5.74, 6) is -0.272. The van der Waals surface area contributed by atoms with Crippen LogP contribution in [0.25, 0.3) is 22.6 Å². The summed E-state index contributed by atoms with van der Waals surface area (Å²) in [5, 5.41) is 11.3. The van der Waals surface area contributed by atoms with Crippen molar-refractivity contribution in [2.45, 2.75) is 52.1 Å². The van der Waals surface area contributed by atoms with E-state index in [0.29, 0.717) is 45.8 Å². The Labute approximate surface area is 219 Å². The Balaban J connectivity index is 1.66. The Morgan fingerprint density at radius 3 is 2.68 bits per heavy atom. The first-order valence-corrected chi connectivity index (χ1v) is 12.4. The van der Waals surface area contributed by atoms with Gasteiger partial charge in [-0.3, -0.25) is 9.59 Å². The summed E-state index contributed by atoms with van der Waals surface area (Å²) in [7, 11) is 0. The van der Waals surface area contributed by atoms with Gasteiger partial charge in [0, 0.05) is 34.9 Å². The largest absolute Gasteiger partial charge is 0.343 e. The molecule has 5 rings (SSSR count). The van der Waals surface area contributed by atoms with Gasteiger partial charge in [0.15, 0.2) is 17.3 Å². The van der Waals surface area contributed by atoms with Crippen molar-refractivity contribution in [3.8, 4) is 11.5 Å². The van der Waals surface area contributed by atoms with Gasteiger partial charge < -0.3 is 10.6 Å². The first kappa shape index (κ1) is 25.2. The van der Waals surface area contributed by atoms with Crippen LogP contribution in [0, 0.1) is 5.82 Å². The van der Waals surface area contributed by atoms with Crippen LogP contribution in [-0.2, 0) is 16.8 Å². The third-order valence-corrected chi connectivity index (χ3v) is 6.95. The number of amides is 1. The fourth-order valence-electron chi connectivity index (χ4n) is 4.59. The van der Waals surface area contributed by atoms with E-state index in [1.807, 2.05) is 19.9 Å². The van der Waals surface area contributed by atoms with Crippen LogP contribution < -0.4 is 10.6 Å². The summed E-state index contributed by atoms with van der Waals surface area (Å²) in [6, 6.07) is 9.40. The number of aromatic nitrogens is 5. The number of hydrogen-bond acceptors (Lipinski definition) is 7. The molecule has 38 heavy (non-hydrogen) atoms. The zero-order valence-electron chi connectivity index (χ0n) is 21.7. The normalized spacial score (nSPS) is 14.7. The molecule has 0 aliphatic carbocycles. The van der Waals surface area contributed by atoms with Crippen LogP contribution >= 0.6 is 0 Å². The second kappa shape index (κ2) is 9.44. The number of allylic oxidation sites excluding steroid dienone is 1. The van der Waals surface area contributed by atoms with Gasteiger partial charge in [0.25, 0.3) is 5.91 Å². The minimum Gasteiger partial charge on any atom is -0.343 e. The molecule has 1 aliphatic heterocycles. The summed E-state index contributed by atoms with van der Waals surface area (Å²) < 4.78 is 16.0. The Hall–Kier alpha value is -4.47. The highest BCUT2D eigenvalue weighted by molar-refractivity contribution is 6.00. The molecule has 3 aromatic heterocycles. The lowest BCUT2D eigenvalue weighted by atomic mass is 9.84. The first-order valence-electron chi connectivity index (χ1n) is 12.4. The fourth-order valence-corrected chi connectivity index (χ4v) is 4.59. The van der Waals surface area contributed by atoms with E-state index in [1.54, 1.807) is 49.0 Å². The smallest absolute Gasteiger partial charge is 0.271 e. The van der Waals surface area contributed by atoms with Crippen molar-refractivity contribution in [1.82, 2.24) is 30.0 Å². The van der Waals surface area contributed by atoms with Crippen molar-refractivity contribution in [3.05, 3.63) is 77.5 Å². The lowest BCUT2D eigenvalue weighted by Crippen LogP contribution is -2.39. The molecular formula is C28H28FN7O2. The molecule has 4 aromatic rings. The Morgan fingerprint density at radius 1 is 1.18 bits per heavy atom. The number of ketones is 1. The molecule has 1 unspecified atom stereocenters. The molecule has 0 bridgehead atoms. The fraction of sp³-hybridized carbons (Fsp3) is 0.286. The van der Waals surface area contributed by atoms with E-state index >= 15 is 0 Å². The third kappa shape index (κ3) is 4.21. The van der Waals surface area contributed by atoms with Gasteiger partial charge in [-0.1, -0.05) is 45.5 Å². The molecule has 2 N–H and O–H groups in total. The van der Waals surface area contributed by atoms with Crippen LogP contribution in [0.3, 0.4) is 0 Å². The third-order valence-electron chi connectivity index (χ3n) is 6.95. The van der Waals surface area contributed by atoms with E-state index < -0.39 is 17.4 Å². The van der Waals surface area contributed by atoms with Gasteiger partial charge in [-0.05, 0) is 25.1 Å². The number of fused-ring (bicyclic) bond motifs is 2. The van der Waals surface area contributed by atoms with Crippen molar-refractivity contribution in [1.29, 1.82) is 0 Å². The number of nitrogens with one attached hydrogen (secondary N) is 2. The monoisotopic (exact) mass is 513 g/mol. The number of nitrogens with zero attached hydrogens (tertiary/aromatic N) is 5. The van der Waals surface area contributed by atoms with Gasteiger partial charge in [-0.15, -0.1) is 0 Å². The highest BCUT2D eigenvalue weighted by Gasteiger charge is 2.40. The molecule has 0 saturated heterocycles. The Kier molecular flexibility index (Phi) is 6.26. The van der Waals surface area contributed by atoms with E-state index in [4.69, 9.17) is 10.1 Å². The second-order valence-corrected chi connectivity index (χ2v) is 9.84. The quantitative estimate of drug-likeness (QED) is 0.377. The lowest BCUT2D eigenvalue weighted by Gasteiger charge is -2.21. The van der Waals surface area contributed by atoms with Crippen LogP contribution in [0.4, 0.5) is 10.2 Å². The predicted molar refractivity (Wildman–Crippen MR) is 142 cm³/mol. The topological polar surface area (TPSA) is 115 Å². The molecule has 0 radical (unpaired) electrons. The Bertz CT molecular complexity index is 1610. The highest BCUT2D eigenvalue weighted by atomic mass is 19.1. The molecule has 4 heterocycles. The summed E-state index contributed by atoms with van der Waals surface area (Å²) in [5.41, 5.74) is 2.15. The van der Waals surface area contributed by atoms with Crippen LogP contribution in [0.15, 0.2) is 54.9 Å². The summed E-state index contributed by atoms with van der Waals surface area (Å²) >= 11 is 0. The van der Waals surface area contributed by atoms with Crippen LogP contribution in [0.2, 0.25) is 0 Å². The zero-order valence-corrected chi connectivity index (χ0v) is 21.7. The van der Waals surface area contributed by atoms with Gasteiger partial charge in [0.2, 0.25) is 0 Å². The van der Waals surface area contributed by atoms with Crippen molar-refractivity contribution in [3.63, 3.8) is 0 Å². The van der Waals surface area contributed by atoms with Crippen LogP contribution in [-0.4, -0.2) is 42.5 Å². The van der Waals surface area contributed by atoms with E-state index in [2.05, 4.69) is 27.2 Å². The molecule has 194 valence electrons. The second-order valence-electron chi connectivity index (χ2n) is 9.84. The van der Waals surface area contributed by atoms with Gasteiger partial charge in [0.1, 0.15) is 23.0 Å². The summed E-state index contributed by atoms with van der Waals surface area (Å²) in [6.07, 6.45) is 1.94. The average molecular weight is 514 g/mol. The van der Waals surface area contributed by atoms with E-state index in [1.165, 1.54) is 6.07 Å². The number of pyridine rings is 1. The van der Waals surface area contributed by atoms with Crippen molar-refractivity contribution in [2.24, 2.45) is 0 Å². The highest BCUT2D eigenvalue weighted by Crippen LogP contribution is 2.44. The number of benzene rings is 1. The van der Waals surface area contributed by atoms with E-state index in [9.17, 15) is 14.0 Å². The first-order chi connectivity index (χ1) is 18.1. The van der Waals surface area contributed by atoms with Gasteiger partial charge in [0.05, 0.1) is 18.0 Å². The van der Waals surface area contributed by atoms with Gasteiger partial charge >= 0.3 is 0 Å². The minimum atomic E-state index is -0.674. The number of rotatable bonds is 7. The molecule has 0 saturated carbocycles. The maximum atomic E-state index is 14.4. The molecule has 1 aromatic carbocycles. The number of Topliss-reactive ketones (excluding diaryl/α,β-unsaturated/α-hetero) is 1. The van der Waals surface area contributed by atoms with Crippen LogP contribution in [0.1, 0.15) is 55.7 Å². The van der Waals surface area contributed by atoms with Gasteiger partial charge in [-0.25, -0.2) is 24.0 Å². The predicted octanol–water partition coefficient (Wildman–Crippen LogP) is 4.39. The number of anilines is 1. The zero-order chi connectivity index (χ0) is 27.2. The van der Waals surface area contributed by atoms with E-state index in [-0.39, 0.29) is 29.7 Å². The van der Waals surface area contributed by atoms with Gasteiger partial charge in [-0.2, -0.15) is 5.10 Å². The molecule has 9 nitrogen and oxygen atoms in total. The molecular weight excluding hydrogens is 485 g/mol. The Morgan fingerprint density at radius 2 is 1.95 bits per heavy atom. The summed E-state index contributed by atoms with van der Waals surface area (Å²) in [4.78, 5) is 39.5. The molecule has 1 atom stereocenters. The molecule has 1 amide bonds. The van der Waals surface area contributed by atoms with E-state index in [0.717, 1.165) is 0 Å². The minimum absolute atomic E-state index is 0.0879. The number of carbonyl (C=O) groups is 2. The lowest BCUT2D eigenvalue weighted by molar-refractivity contribution is -0.120. The summed E-state index contributed by atoms with van der Waals surface area (Å²) in [6.45, 7) is 11.5. The van der Waals surface area contributed by atoms with Crippen LogP contribution in [0.5, 0.6) is 0 Å². The standard InChI is InChI=1S/C28H28FN7O2/c1-6-20(37)15(2)31-27(38)23-21-24(32-16(3)28(21,4)5)34-25(33-23)22-18-11-9-13-30-26(18)36(35-22)14-17-10-7-8-12-19(17)29/h7-13,15H,3,6,14H2,1-2,4-5H3,(H,31,38)(H,32,33,34). The maximum absolute atomic E-state index is 14.4.